The molecular weight excluding hydrogens is 332 g/mol. The van der Waals surface area contributed by atoms with Gasteiger partial charge in [0.15, 0.2) is 15.9 Å². The molecule has 1 aliphatic heterocycles. The Bertz CT molecular complexity index is 712. The van der Waals surface area contributed by atoms with Crippen LogP contribution in [0.4, 0.5) is 11.4 Å². The smallest absolute Gasteiger partial charge is 0.310 e. The number of carbonyl (C=O) groups excluding carboxylic acids is 2. The maximum Gasteiger partial charge on any atom is 0.310 e. The fourth-order valence-electron chi connectivity index (χ4n) is 2.39. The molecule has 8 heteroatoms. The minimum atomic E-state index is -3.16. The van der Waals surface area contributed by atoms with E-state index in [1.165, 1.54) is 6.92 Å². The van der Waals surface area contributed by atoms with Crippen LogP contribution in [0.15, 0.2) is 24.3 Å². The topological polar surface area (TPSA) is 92.8 Å². The monoisotopic (exact) mass is 354 g/mol. The SMILES string of the molecule is C[C@@H](OC(=O)[C@@H]1CCS(=O)(=O)C1)C(=O)Nc1ccc(N(C)C)cc1. The van der Waals surface area contributed by atoms with E-state index in [2.05, 4.69) is 5.32 Å². The molecule has 24 heavy (non-hydrogen) atoms. The summed E-state index contributed by atoms with van der Waals surface area (Å²) in [5.41, 5.74) is 1.59. The third-order valence-electron chi connectivity index (χ3n) is 3.88. The molecule has 1 aliphatic rings. The van der Waals surface area contributed by atoms with Gasteiger partial charge >= 0.3 is 5.97 Å². The lowest BCUT2D eigenvalue weighted by atomic mass is 10.1. The summed E-state index contributed by atoms with van der Waals surface area (Å²) < 4.78 is 27.9. The zero-order valence-electron chi connectivity index (χ0n) is 14.0. The van der Waals surface area contributed by atoms with Gasteiger partial charge in [0, 0.05) is 25.5 Å². The lowest BCUT2D eigenvalue weighted by Gasteiger charge is -2.16. The van der Waals surface area contributed by atoms with Gasteiger partial charge in [0.25, 0.3) is 5.91 Å². The van der Waals surface area contributed by atoms with Crippen molar-refractivity contribution >= 4 is 33.1 Å². The minimum Gasteiger partial charge on any atom is -0.452 e. The van der Waals surface area contributed by atoms with Crippen LogP contribution in [-0.2, 0) is 24.2 Å². The summed E-state index contributed by atoms with van der Waals surface area (Å²) in [7, 11) is 0.668. The Labute approximate surface area is 141 Å². The van der Waals surface area contributed by atoms with Crippen LogP contribution in [0.5, 0.6) is 0 Å². The molecular formula is C16H22N2O5S. The zero-order valence-corrected chi connectivity index (χ0v) is 14.8. The lowest BCUT2D eigenvalue weighted by molar-refractivity contribution is -0.156. The van der Waals surface area contributed by atoms with E-state index in [4.69, 9.17) is 4.74 Å². The number of nitrogens with one attached hydrogen (secondary N) is 1. The first-order valence-corrected chi connectivity index (χ1v) is 9.49. The van der Waals surface area contributed by atoms with Crippen LogP contribution in [0, 0.1) is 5.92 Å². The number of hydrogen-bond donors (Lipinski definition) is 1. The molecule has 0 aromatic heterocycles. The third-order valence-corrected chi connectivity index (χ3v) is 5.65. The Morgan fingerprint density at radius 2 is 1.88 bits per heavy atom. The molecule has 1 aromatic carbocycles. The summed E-state index contributed by atoms with van der Waals surface area (Å²) >= 11 is 0. The largest absolute Gasteiger partial charge is 0.452 e. The Kier molecular flexibility index (Phi) is 5.48. The second kappa shape index (κ2) is 7.21. The van der Waals surface area contributed by atoms with Gasteiger partial charge in [-0.15, -0.1) is 0 Å². The van der Waals surface area contributed by atoms with Gasteiger partial charge < -0.3 is 15.0 Å². The molecule has 0 unspecified atom stereocenters. The maximum absolute atomic E-state index is 12.1. The highest BCUT2D eigenvalue weighted by Gasteiger charge is 2.35. The first-order chi connectivity index (χ1) is 11.2. The van der Waals surface area contributed by atoms with Gasteiger partial charge in [0.2, 0.25) is 0 Å². The van der Waals surface area contributed by atoms with Crippen LogP contribution in [0.25, 0.3) is 0 Å². The van der Waals surface area contributed by atoms with Crippen molar-refractivity contribution in [3.05, 3.63) is 24.3 Å². The molecule has 0 bridgehead atoms. The van der Waals surface area contributed by atoms with E-state index in [0.717, 1.165) is 5.69 Å². The molecule has 132 valence electrons. The van der Waals surface area contributed by atoms with Gasteiger partial charge in [-0.3, -0.25) is 9.59 Å². The van der Waals surface area contributed by atoms with Crippen LogP contribution < -0.4 is 10.2 Å². The second-order valence-electron chi connectivity index (χ2n) is 6.11. The van der Waals surface area contributed by atoms with Crippen molar-refractivity contribution in [2.45, 2.75) is 19.4 Å². The molecule has 2 atom stereocenters. The molecule has 0 radical (unpaired) electrons. The summed E-state index contributed by atoms with van der Waals surface area (Å²) in [6, 6.07) is 7.22. The number of hydrogen-bond acceptors (Lipinski definition) is 6. The van der Waals surface area contributed by atoms with Crippen LogP contribution in [-0.4, -0.2) is 52.0 Å². The van der Waals surface area contributed by atoms with Crippen LogP contribution >= 0.6 is 0 Å². The molecule has 7 nitrogen and oxygen atoms in total. The summed E-state index contributed by atoms with van der Waals surface area (Å²) in [6.45, 7) is 1.46. The number of sulfone groups is 1. The van der Waals surface area contributed by atoms with E-state index >= 15 is 0 Å². The van der Waals surface area contributed by atoms with Gasteiger partial charge in [-0.05, 0) is 37.6 Å². The van der Waals surface area contributed by atoms with Gasteiger partial charge in [-0.2, -0.15) is 0 Å². The van der Waals surface area contributed by atoms with E-state index in [1.54, 1.807) is 12.1 Å². The summed E-state index contributed by atoms with van der Waals surface area (Å²) in [6.07, 6.45) is -0.740. The number of rotatable bonds is 5. The van der Waals surface area contributed by atoms with E-state index in [-0.39, 0.29) is 17.9 Å². The predicted octanol–water partition coefficient (Wildman–Crippen LogP) is 1.06. The number of esters is 1. The van der Waals surface area contributed by atoms with E-state index < -0.39 is 33.7 Å². The van der Waals surface area contributed by atoms with E-state index in [9.17, 15) is 18.0 Å². The van der Waals surface area contributed by atoms with Crippen molar-refractivity contribution in [3.63, 3.8) is 0 Å². The quantitative estimate of drug-likeness (QED) is 0.795. The average Bonchev–Trinajstić information content (AvgIpc) is 2.88. The van der Waals surface area contributed by atoms with Crippen molar-refractivity contribution in [3.8, 4) is 0 Å². The van der Waals surface area contributed by atoms with Crippen LogP contribution in [0.2, 0.25) is 0 Å². The minimum absolute atomic E-state index is 0.00837. The Balaban J connectivity index is 1.89. The second-order valence-corrected chi connectivity index (χ2v) is 8.34. The van der Waals surface area contributed by atoms with Gasteiger partial charge in [0.05, 0.1) is 17.4 Å². The third kappa shape index (κ3) is 4.70. The molecule has 1 fully saturated rings. The summed E-state index contributed by atoms with van der Waals surface area (Å²) in [4.78, 5) is 26.0. The molecule has 1 amide bonds. The Morgan fingerprint density at radius 3 is 2.38 bits per heavy atom. The number of benzene rings is 1. The Hall–Kier alpha value is -2.09. The van der Waals surface area contributed by atoms with Crippen molar-refractivity contribution in [1.29, 1.82) is 0 Å². The summed E-state index contributed by atoms with van der Waals surface area (Å²) in [5.74, 6) is -1.98. The van der Waals surface area contributed by atoms with Gasteiger partial charge in [-0.1, -0.05) is 0 Å². The highest BCUT2D eigenvalue weighted by atomic mass is 32.2. The van der Waals surface area contributed by atoms with Crippen LogP contribution in [0.3, 0.4) is 0 Å². The molecule has 0 aliphatic carbocycles. The molecule has 1 saturated heterocycles. The van der Waals surface area contributed by atoms with Crippen molar-refractivity contribution in [2.75, 3.05) is 35.8 Å². The lowest BCUT2D eigenvalue weighted by Crippen LogP contribution is -2.32. The van der Waals surface area contributed by atoms with Crippen LogP contribution in [0.1, 0.15) is 13.3 Å². The van der Waals surface area contributed by atoms with Crippen molar-refractivity contribution in [2.24, 2.45) is 5.92 Å². The number of amides is 1. The fraction of sp³-hybridized carbons (Fsp3) is 0.500. The highest BCUT2D eigenvalue weighted by Crippen LogP contribution is 2.21. The standard InChI is InChI=1S/C16H22N2O5S/c1-11(23-16(20)12-8-9-24(21,22)10-12)15(19)17-13-4-6-14(7-5-13)18(2)3/h4-7,11-12H,8-10H2,1-3H3,(H,17,19)/t11-,12-/m1/s1. The van der Waals surface area contributed by atoms with E-state index in [1.807, 2.05) is 31.1 Å². The number of nitrogens with zero attached hydrogens (tertiary/aromatic N) is 1. The number of ether oxygens (including phenoxy) is 1. The summed E-state index contributed by atoms with van der Waals surface area (Å²) in [5, 5.41) is 2.67. The molecule has 2 rings (SSSR count). The molecule has 1 N–H and O–H groups in total. The number of carbonyl (C=O) groups is 2. The van der Waals surface area contributed by atoms with Gasteiger partial charge in [-0.25, -0.2) is 8.42 Å². The molecule has 0 saturated carbocycles. The normalized spacial score (nSPS) is 20.2. The maximum atomic E-state index is 12.1. The zero-order chi connectivity index (χ0) is 17.9. The predicted molar refractivity (Wildman–Crippen MR) is 91.7 cm³/mol. The molecule has 1 aromatic rings. The average molecular weight is 354 g/mol. The number of anilines is 2. The van der Waals surface area contributed by atoms with Crippen molar-refractivity contribution in [1.82, 2.24) is 0 Å². The van der Waals surface area contributed by atoms with Gasteiger partial charge in [0.1, 0.15) is 0 Å². The first-order valence-electron chi connectivity index (χ1n) is 7.67. The molecule has 0 spiro atoms. The fourth-order valence-corrected chi connectivity index (χ4v) is 4.12. The molecule has 1 heterocycles. The van der Waals surface area contributed by atoms with E-state index in [0.29, 0.717) is 5.69 Å². The highest BCUT2D eigenvalue weighted by molar-refractivity contribution is 7.91. The van der Waals surface area contributed by atoms with Crippen molar-refractivity contribution < 1.29 is 22.7 Å². The Morgan fingerprint density at radius 1 is 1.25 bits per heavy atom. The first kappa shape index (κ1) is 18.3.